The van der Waals surface area contributed by atoms with Gasteiger partial charge in [-0.3, -0.25) is 5.01 Å². The predicted octanol–water partition coefficient (Wildman–Crippen LogP) is 1.60. The summed E-state index contributed by atoms with van der Waals surface area (Å²) in [7, 11) is -3.81. The first-order chi connectivity index (χ1) is 16.9. The largest absolute Gasteiger partial charge is 0.378 e. The molecule has 5 rings (SSSR count). The van der Waals surface area contributed by atoms with Crippen LogP contribution in [-0.2, 0) is 21.3 Å². The first-order valence-corrected chi connectivity index (χ1v) is 12.2. The van der Waals surface area contributed by atoms with E-state index in [0.29, 0.717) is 43.4 Å². The van der Waals surface area contributed by atoms with Crippen LogP contribution in [0.4, 0.5) is 10.3 Å². The van der Waals surface area contributed by atoms with Crippen molar-refractivity contribution < 1.29 is 17.5 Å². The molecule has 11 nitrogen and oxygen atoms in total. The van der Waals surface area contributed by atoms with Crippen molar-refractivity contribution in [3.8, 4) is 0 Å². The van der Waals surface area contributed by atoms with Crippen LogP contribution >= 0.6 is 0 Å². The Hall–Kier alpha value is -3.65. The monoisotopic (exact) mass is 496 g/mol. The standard InChI is InChI=1S/C22H21FN8O3S/c23-17-5-3-16(4-6-17)20-13-34-10-9-30(20)31(12-15-1-7-18(8-2-15)35(24,32)33)22-25-11-19-21(28-22)29-27-14-26-19/h1-8,11,14,20H,9-10,12-13H2,(H2,24,32,33). The minimum atomic E-state index is -3.81. The fraction of sp³-hybridized carbons (Fsp3) is 0.227. The number of benzene rings is 2. The highest BCUT2D eigenvalue weighted by Crippen LogP contribution is 2.29. The predicted molar refractivity (Wildman–Crippen MR) is 124 cm³/mol. The molecule has 0 saturated carbocycles. The summed E-state index contributed by atoms with van der Waals surface area (Å²) in [6, 6.07) is 12.3. The molecule has 2 N–H and O–H groups in total. The van der Waals surface area contributed by atoms with Crippen molar-refractivity contribution >= 4 is 27.1 Å². The average Bonchev–Trinajstić information content (AvgIpc) is 2.87. The molecule has 0 aliphatic carbocycles. The Labute approximate surface area is 200 Å². The molecule has 2 aromatic carbocycles. The third kappa shape index (κ3) is 5.07. The number of sulfonamides is 1. The van der Waals surface area contributed by atoms with Crippen molar-refractivity contribution in [3.05, 3.63) is 78.0 Å². The number of aromatic nitrogens is 5. The van der Waals surface area contributed by atoms with Gasteiger partial charge in [0.1, 0.15) is 17.7 Å². The smallest absolute Gasteiger partial charge is 0.242 e. The van der Waals surface area contributed by atoms with Gasteiger partial charge in [0.05, 0.1) is 36.9 Å². The van der Waals surface area contributed by atoms with Gasteiger partial charge in [-0.05, 0) is 35.4 Å². The van der Waals surface area contributed by atoms with Gasteiger partial charge in [0.2, 0.25) is 21.6 Å². The van der Waals surface area contributed by atoms with Crippen molar-refractivity contribution in [2.24, 2.45) is 5.14 Å². The SMILES string of the molecule is NS(=O)(=O)c1ccc(CN(c2ncc3ncnnc3n2)N2CCOCC2c2ccc(F)cc2)cc1. The first-order valence-electron chi connectivity index (χ1n) is 10.7. The average molecular weight is 497 g/mol. The zero-order valence-electron chi connectivity index (χ0n) is 18.4. The number of hydrazine groups is 1. The van der Waals surface area contributed by atoms with E-state index in [2.05, 4.69) is 30.2 Å². The lowest BCUT2D eigenvalue weighted by atomic mass is 10.1. The number of rotatable bonds is 6. The third-order valence-corrected chi connectivity index (χ3v) is 6.55. The Morgan fingerprint density at radius 1 is 1.11 bits per heavy atom. The van der Waals surface area contributed by atoms with E-state index in [0.717, 1.165) is 11.1 Å². The molecule has 1 fully saturated rings. The summed E-state index contributed by atoms with van der Waals surface area (Å²) in [5.41, 5.74) is 2.49. The molecule has 35 heavy (non-hydrogen) atoms. The summed E-state index contributed by atoms with van der Waals surface area (Å²) in [5.74, 6) is 0.0251. The molecule has 1 aliphatic rings. The summed E-state index contributed by atoms with van der Waals surface area (Å²) in [6.45, 7) is 1.66. The van der Waals surface area contributed by atoms with Crippen LogP contribution in [0, 0.1) is 5.82 Å². The van der Waals surface area contributed by atoms with E-state index in [1.165, 1.54) is 30.6 Å². The number of hydrogen-bond acceptors (Lipinski definition) is 10. The maximum absolute atomic E-state index is 13.6. The van der Waals surface area contributed by atoms with E-state index in [1.54, 1.807) is 30.5 Å². The number of nitrogens with two attached hydrogens (primary N) is 1. The number of nitrogens with zero attached hydrogens (tertiary/aromatic N) is 7. The van der Waals surface area contributed by atoms with Gasteiger partial charge in [-0.1, -0.05) is 24.3 Å². The number of halogens is 1. The van der Waals surface area contributed by atoms with E-state index in [1.807, 2.05) is 5.01 Å². The Bertz CT molecular complexity index is 1440. The minimum absolute atomic E-state index is 0.0201. The van der Waals surface area contributed by atoms with E-state index < -0.39 is 10.0 Å². The zero-order chi connectivity index (χ0) is 24.4. The molecule has 0 radical (unpaired) electrons. The summed E-state index contributed by atoms with van der Waals surface area (Å²) >= 11 is 0. The topological polar surface area (TPSA) is 140 Å². The van der Waals surface area contributed by atoms with Gasteiger partial charge >= 0.3 is 0 Å². The second-order valence-corrected chi connectivity index (χ2v) is 9.45. The molecule has 13 heteroatoms. The Balaban J connectivity index is 1.55. The lowest BCUT2D eigenvalue weighted by Gasteiger charge is -2.43. The van der Waals surface area contributed by atoms with Gasteiger partial charge in [-0.25, -0.2) is 32.9 Å². The molecule has 1 unspecified atom stereocenters. The molecule has 2 aromatic heterocycles. The van der Waals surface area contributed by atoms with E-state index in [-0.39, 0.29) is 16.8 Å². The maximum Gasteiger partial charge on any atom is 0.242 e. The van der Waals surface area contributed by atoms with Gasteiger partial charge < -0.3 is 4.74 Å². The Kier molecular flexibility index (Phi) is 6.30. The lowest BCUT2D eigenvalue weighted by molar-refractivity contribution is -0.0169. The van der Waals surface area contributed by atoms with Crippen LogP contribution in [-0.4, -0.2) is 58.3 Å². The minimum Gasteiger partial charge on any atom is -0.378 e. The molecular formula is C22H21FN8O3S. The summed E-state index contributed by atoms with van der Waals surface area (Å²) < 4.78 is 42.6. The van der Waals surface area contributed by atoms with Crippen LogP contribution in [0.3, 0.4) is 0 Å². The number of fused-ring (bicyclic) bond motifs is 1. The van der Waals surface area contributed by atoms with Crippen LogP contribution in [0.5, 0.6) is 0 Å². The number of ether oxygens (including phenoxy) is 1. The van der Waals surface area contributed by atoms with E-state index in [9.17, 15) is 12.8 Å². The van der Waals surface area contributed by atoms with Crippen LogP contribution in [0.1, 0.15) is 17.2 Å². The van der Waals surface area contributed by atoms with Crippen molar-refractivity contribution in [1.29, 1.82) is 0 Å². The molecule has 4 aromatic rings. The van der Waals surface area contributed by atoms with Crippen LogP contribution in [0.2, 0.25) is 0 Å². The fourth-order valence-electron chi connectivity index (χ4n) is 3.89. The van der Waals surface area contributed by atoms with Crippen LogP contribution in [0.15, 0.2) is 66.0 Å². The second kappa shape index (κ2) is 9.54. The summed E-state index contributed by atoms with van der Waals surface area (Å²) in [4.78, 5) is 13.2. The number of primary sulfonamides is 1. The van der Waals surface area contributed by atoms with Crippen molar-refractivity contribution in [2.75, 3.05) is 24.8 Å². The van der Waals surface area contributed by atoms with Crippen molar-refractivity contribution in [3.63, 3.8) is 0 Å². The first kappa shape index (κ1) is 23.1. The molecule has 0 amide bonds. The highest BCUT2D eigenvalue weighted by molar-refractivity contribution is 7.89. The second-order valence-electron chi connectivity index (χ2n) is 7.89. The van der Waals surface area contributed by atoms with Gasteiger partial charge in [0.25, 0.3) is 0 Å². The highest BCUT2D eigenvalue weighted by atomic mass is 32.2. The van der Waals surface area contributed by atoms with Crippen LogP contribution < -0.4 is 10.1 Å². The molecule has 1 aliphatic heterocycles. The van der Waals surface area contributed by atoms with E-state index in [4.69, 9.17) is 9.88 Å². The quantitative estimate of drug-likeness (QED) is 0.418. The lowest BCUT2D eigenvalue weighted by Crippen LogP contribution is -2.51. The normalized spacial score (nSPS) is 16.9. The molecular weight excluding hydrogens is 475 g/mol. The fourth-order valence-corrected chi connectivity index (χ4v) is 4.40. The van der Waals surface area contributed by atoms with Crippen LogP contribution in [0.25, 0.3) is 11.2 Å². The zero-order valence-corrected chi connectivity index (χ0v) is 19.2. The molecule has 0 bridgehead atoms. The summed E-state index contributed by atoms with van der Waals surface area (Å²) in [6.07, 6.45) is 2.89. The molecule has 1 saturated heterocycles. The Morgan fingerprint density at radius 3 is 2.63 bits per heavy atom. The number of hydrogen-bond donors (Lipinski definition) is 1. The highest BCUT2D eigenvalue weighted by Gasteiger charge is 2.31. The number of morpholine rings is 1. The van der Waals surface area contributed by atoms with E-state index >= 15 is 0 Å². The van der Waals surface area contributed by atoms with Gasteiger partial charge in [0, 0.05) is 6.54 Å². The van der Waals surface area contributed by atoms with Gasteiger partial charge in [-0.2, -0.15) is 4.98 Å². The molecule has 1 atom stereocenters. The van der Waals surface area contributed by atoms with Gasteiger partial charge in [-0.15, -0.1) is 10.2 Å². The van der Waals surface area contributed by atoms with Gasteiger partial charge in [0.15, 0.2) is 0 Å². The molecule has 3 heterocycles. The van der Waals surface area contributed by atoms with Crippen molar-refractivity contribution in [2.45, 2.75) is 17.5 Å². The summed E-state index contributed by atoms with van der Waals surface area (Å²) in [5, 5.41) is 17.0. The molecule has 180 valence electrons. The maximum atomic E-state index is 13.6. The molecule has 0 spiro atoms. The Morgan fingerprint density at radius 2 is 1.89 bits per heavy atom. The van der Waals surface area contributed by atoms with Crippen molar-refractivity contribution in [1.82, 2.24) is 30.2 Å². The third-order valence-electron chi connectivity index (χ3n) is 5.62. The number of anilines is 1.